The highest BCUT2D eigenvalue weighted by Crippen LogP contribution is 2.46. The molecule has 3 heteroatoms. The SMILES string of the molecule is CC(=O)OC1=C2NC(c3ccccc32)c2ccccc21. The van der Waals surface area contributed by atoms with Crippen molar-refractivity contribution in [3.8, 4) is 0 Å². The normalized spacial score (nSPS) is 18.1. The molecule has 2 bridgehead atoms. The summed E-state index contributed by atoms with van der Waals surface area (Å²) in [5.74, 6) is 0.334. The minimum Gasteiger partial charge on any atom is -0.424 e. The zero-order valence-electron chi connectivity index (χ0n) is 11.0. The van der Waals surface area contributed by atoms with Crippen LogP contribution in [0.4, 0.5) is 0 Å². The summed E-state index contributed by atoms with van der Waals surface area (Å²) in [4.78, 5) is 11.4. The van der Waals surface area contributed by atoms with Crippen LogP contribution < -0.4 is 5.32 Å². The van der Waals surface area contributed by atoms with E-state index < -0.39 is 0 Å². The molecule has 0 aromatic heterocycles. The Morgan fingerprint density at radius 2 is 1.60 bits per heavy atom. The summed E-state index contributed by atoms with van der Waals surface area (Å²) < 4.78 is 5.48. The van der Waals surface area contributed by atoms with Crippen molar-refractivity contribution in [1.29, 1.82) is 0 Å². The highest BCUT2D eigenvalue weighted by atomic mass is 16.5. The maximum atomic E-state index is 11.4. The van der Waals surface area contributed by atoms with Gasteiger partial charge in [0.1, 0.15) is 0 Å². The lowest BCUT2D eigenvalue weighted by Crippen LogP contribution is -2.21. The number of nitrogens with one attached hydrogen (secondary N) is 1. The summed E-state index contributed by atoms with van der Waals surface area (Å²) in [6.45, 7) is 1.43. The predicted octanol–water partition coefficient (Wildman–Crippen LogP) is 3.08. The fourth-order valence-electron chi connectivity index (χ4n) is 3.05. The van der Waals surface area contributed by atoms with E-state index in [0.29, 0.717) is 5.76 Å². The van der Waals surface area contributed by atoms with Crippen molar-refractivity contribution in [1.82, 2.24) is 5.32 Å². The van der Waals surface area contributed by atoms with E-state index in [1.54, 1.807) is 0 Å². The highest BCUT2D eigenvalue weighted by Gasteiger charge is 2.36. The van der Waals surface area contributed by atoms with Crippen molar-refractivity contribution in [3.63, 3.8) is 0 Å². The molecular formula is C17H13NO2. The smallest absolute Gasteiger partial charge is 0.308 e. The number of carbonyl (C=O) groups is 1. The van der Waals surface area contributed by atoms with Gasteiger partial charge in [-0.3, -0.25) is 4.79 Å². The molecule has 0 saturated carbocycles. The molecule has 98 valence electrons. The van der Waals surface area contributed by atoms with Crippen LogP contribution >= 0.6 is 0 Å². The van der Waals surface area contributed by atoms with Crippen LogP contribution in [0, 0.1) is 0 Å². The van der Waals surface area contributed by atoms with Gasteiger partial charge in [-0.2, -0.15) is 0 Å². The Kier molecular flexibility index (Phi) is 2.24. The first-order chi connectivity index (χ1) is 9.75. The monoisotopic (exact) mass is 263 g/mol. The van der Waals surface area contributed by atoms with Gasteiger partial charge in [-0.05, 0) is 11.1 Å². The Balaban J connectivity index is 2.03. The molecule has 3 nitrogen and oxygen atoms in total. The number of ether oxygens (including phenoxy) is 1. The van der Waals surface area contributed by atoms with Gasteiger partial charge in [-0.25, -0.2) is 0 Å². The van der Waals surface area contributed by atoms with Gasteiger partial charge in [-0.15, -0.1) is 0 Å². The average Bonchev–Trinajstić information content (AvgIpc) is 2.80. The zero-order chi connectivity index (χ0) is 13.7. The first-order valence-electron chi connectivity index (χ1n) is 6.63. The molecule has 2 aromatic rings. The van der Waals surface area contributed by atoms with Gasteiger partial charge in [-0.1, -0.05) is 48.5 Å². The number of carbonyl (C=O) groups excluding carboxylic acids is 1. The summed E-state index contributed by atoms with van der Waals surface area (Å²) in [7, 11) is 0. The first-order valence-corrected chi connectivity index (χ1v) is 6.63. The lowest BCUT2D eigenvalue weighted by atomic mass is 9.95. The van der Waals surface area contributed by atoms with Crippen LogP contribution in [0.3, 0.4) is 0 Å². The van der Waals surface area contributed by atoms with Crippen LogP contribution in [0.15, 0.2) is 48.5 Å². The average molecular weight is 263 g/mol. The summed E-state index contributed by atoms with van der Waals surface area (Å²) >= 11 is 0. The van der Waals surface area contributed by atoms with Gasteiger partial charge < -0.3 is 10.1 Å². The van der Waals surface area contributed by atoms with Crippen molar-refractivity contribution in [2.24, 2.45) is 0 Å². The van der Waals surface area contributed by atoms with E-state index in [9.17, 15) is 4.79 Å². The van der Waals surface area contributed by atoms with Gasteiger partial charge in [0, 0.05) is 18.1 Å². The Morgan fingerprint density at radius 3 is 2.30 bits per heavy atom. The molecule has 1 atom stereocenters. The number of fused-ring (bicyclic) bond motifs is 7. The van der Waals surface area contributed by atoms with Crippen molar-refractivity contribution < 1.29 is 9.53 Å². The van der Waals surface area contributed by atoms with Crippen LogP contribution in [-0.2, 0) is 9.53 Å². The number of benzene rings is 2. The molecule has 0 radical (unpaired) electrons. The van der Waals surface area contributed by atoms with E-state index in [1.807, 2.05) is 30.3 Å². The molecule has 0 aliphatic carbocycles. The molecule has 0 spiro atoms. The Labute approximate surface area is 116 Å². The lowest BCUT2D eigenvalue weighted by Gasteiger charge is -2.24. The number of hydrogen-bond donors (Lipinski definition) is 1. The standard InChI is InChI=1S/C17H13NO2/c1-10(19)20-17-14-9-5-4-8-13(14)15-11-6-2-3-7-12(11)16(17)18-15/h2-9,15,18H,1H3. The molecule has 2 aliphatic heterocycles. The molecule has 0 saturated heterocycles. The molecule has 0 fully saturated rings. The number of hydrogen-bond acceptors (Lipinski definition) is 3. The van der Waals surface area contributed by atoms with Crippen molar-refractivity contribution >= 4 is 17.4 Å². The maximum absolute atomic E-state index is 11.4. The van der Waals surface area contributed by atoms with Crippen LogP contribution in [-0.4, -0.2) is 5.97 Å². The maximum Gasteiger partial charge on any atom is 0.308 e. The second-order valence-electron chi connectivity index (χ2n) is 5.05. The third kappa shape index (κ3) is 1.43. The molecule has 4 rings (SSSR count). The van der Waals surface area contributed by atoms with Crippen molar-refractivity contribution in [2.75, 3.05) is 0 Å². The Bertz CT molecular complexity index is 761. The van der Waals surface area contributed by atoms with Gasteiger partial charge >= 0.3 is 5.97 Å². The van der Waals surface area contributed by atoms with Crippen LogP contribution in [0.2, 0.25) is 0 Å². The zero-order valence-corrected chi connectivity index (χ0v) is 11.0. The number of rotatable bonds is 1. The molecule has 1 unspecified atom stereocenters. The van der Waals surface area contributed by atoms with Crippen LogP contribution in [0.1, 0.15) is 35.2 Å². The molecule has 2 aliphatic rings. The molecule has 0 amide bonds. The summed E-state index contributed by atoms with van der Waals surface area (Å²) in [5, 5.41) is 3.47. The lowest BCUT2D eigenvalue weighted by molar-refractivity contribution is -0.134. The molecule has 1 N–H and O–H groups in total. The largest absolute Gasteiger partial charge is 0.424 e. The quantitative estimate of drug-likeness (QED) is 0.803. The summed E-state index contributed by atoms with van der Waals surface area (Å²) in [6.07, 6.45) is 0. The second kappa shape index (κ2) is 3.97. The Morgan fingerprint density at radius 1 is 1.00 bits per heavy atom. The van der Waals surface area contributed by atoms with Gasteiger partial charge in [0.05, 0.1) is 11.7 Å². The van der Waals surface area contributed by atoms with Crippen molar-refractivity contribution in [3.05, 3.63) is 70.8 Å². The van der Waals surface area contributed by atoms with E-state index in [4.69, 9.17) is 4.74 Å². The summed E-state index contributed by atoms with van der Waals surface area (Å²) in [6, 6.07) is 16.4. The van der Waals surface area contributed by atoms with E-state index in [2.05, 4.69) is 23.5 Å². The van der Waals surface area contributed by atoms with E-state index in [-0.39, 0.29) is 12.0 Å². The fourth-order valence-corrected chi connectivity index (χ4v) is 3.05. The predicted molar refractivity (Wildman–Crippen MR) is 76.4 cm³/mol. The van der Waals surface area contributed by atoms with E-state index in [0.717, 1.165) is 22.4 Å². The third-order valence-electron chi connectivity index (χ3n) is 3.82. The van der Waals surface area contributed by atoms with Crippen LogP contribution in [0.5, 0.6) is 0 Å². The van der Waals surface area contributed by atoms with Gasteiger partial charge in [0.15, 0.2) is 5.76 Å². The minimum atomic E-state index is -0.299. The molecule has 20 heavy (non-hydrogen) atoms. The van der Waals surface area contributed by atoms with Crippen LogP contribution in [0.25, 0.3) is 11.5 Å². The van der Waals surface area contributed by atoms with Gasteiger partial charge in [0.2, 0.25) is 0 Å². The third-order valence-corrected chi connectivity index (χ3v) is 3.82. The Hall–Kier alpha value is -2.55. The minimum absolute atomic E-state index is 0.150. The first kappa shape index (κ1) is 11.3. The summed E-state index contributed by atoms with van der Waals surface area (Å²) in [5.41, 5.74) is 5.41. The van der Waals surface area contributed by atoms with Gasteiger partial charge in [0.25, 0.3) is 0 Å². The fraction of sp³-hybridized carbons (Fsp3) is 0.118. The van der Waals surface area contributed by atoms with Crippen molar-refractivity contribution in [2.45, 2.75) is 13.0 Å². The van der Waals surface area contributed by atoms with E-state index >= 15 is 0 Å². The molecule has 2 aromatic carbocycles. The molecule has 2 heterocycles. The second-order valence-corrected chi connectivity index (χ2v) is 5.05. The number of esters is 1. The molecular weight excluding hydrogens is 250 g/mol. The highest BCUT2D eigenvalue weighted by molar-refractivity contribution is 5.97. The topological polar surface area (TPSA) is 38.3 Å². The van der Waals surface area contributed by atoms with E-state index in [1.165, 1.54) is 12.5 Å².